The van der Waals surface area contributed by atoms with Crippen LogP contribution in [0.3, 0.4) is 0 Å². The molecule has 0 bridgehead atoms. The first-order valence-corrected chi connectivity index (χ1v) is 13.6. The normalized spacial score (nSPS) is 11.0. The Balaban J connectivity index is 1.92. The van der Waals surface area contributed by atoms with Crippen molar-refractivity contribution in [3.63, 3.8) is 0 Å². The summed E-state index contributed by atoms with van der Waals surface area (Å²) < 4.78 is 12.5. The minimum Gasteiger partial charge on any atom is -0.462 e. The Kier molecular flexibility index (Phi) is 7.77. The number of ether oxygens (including phenoxy) is 2. The first kappa shape index (κ1) is 24.4. The number of amides is 1. The van der Waals surface area contributed by atoms with Gasteiger partial charge in [0.05, 0.1) is 36.1 Å². The number of benzene rings is 3. The Morgan fingerprint density at radius 2 is 1.63 bits per heavy atom. The number of rotatable bonds is 8. The number of aromatic nitrogens is 1. The van der Waals surface area contributed by atoms with Crippen molar-refractivity contribution in [3.8, 4) is 22.5 Å². The van der Waals surface area contributed by atoms with Crippen molar-refractivity contribution in [3.05, 3.63) is 84.4 Å². The number of hydrogen-bond acceptors (Lipinski definition) is 4. The minimum atomic E-state index is -0.583. The smallest absolute Gasteiger partial charge is 0.426 e. The van der Waals surface area contributed by atoms with Crippen LogP contribution in [-0.2, 0) is 20.4 Å². The fraction of sp³-hybridized carbons (Fsp3) is 0.214. The fourth-order valence-corrected chi connectivity index (χ4v) is 4.35. The van der Waals surface area contributed by atoms with Crippen molar-refractivity contribution >= 4 is 33.7 Å². The van der Waals surface area contributed by atoms with E-state index in [9.17, 15) is 9.59 Å². The van der Waals surface area contributed by atoms with Crippen LogP contribution in [-0.4, -0.2) is 48.2 Å². The summed E-state index contributed by atoms with van der Waals surface area (Å²) in [7, 11) is 0.160. The van der Waals surface area contributed by atoms with E-state index >= 15 is 0 Å². The van der Waals surface area contributed by atoms with Gasteiger partial charge in [0, 0.05) is 11.1 Å². The third kappa shape index (κ3) is 5.52. The van der Waals surface area contributed by atoms with Crippen molar-refractivity contribution in [2.45, 2.75) is 6.92 Å². The molecule has 0 saturated heterocycles. The average Bonchev–Trinajstić information content (AvgIpc) is 3.23. The highest BCUT2D eigenvalue weighted by atomic mass is 32.2. The zero-order valence-corrected chi connectivity index (χ0v) is 20.9. The number of nitrogens with zero attached hydrogens (tertiary/aromatic N) is 1. The maximum absolute atomic E-state index is 13.1. The Morgan fingerprint density at radius 1 is 0.914 bits per heavy atom. The molecule has 0 saturated carbocycles. The molecule has 4 rings (SSSR count). The molecule has 180 valence electrons. The lowest BCUT2D eigenvalue weighted by atomic mass is 10.00. The van der Waals surface area contributed by atoms with Gasteiger partial charge in [-0.1, -0.05) is 72.8 Å². The summed E-state index contributed by atoms with van der Waals surface area (Å²) in [5.41, 5.74) is 6.09. The summed E-state index contributed by atoms with van der Waals surface area (Å²) in [5, 5.41) is 1.98. The highest BCUT2D eigenvalue weighted by Gasteiger charge is 2.26. The maximum Gasteiger partial charge on any atom is 0.426 e. The van der Waals surface area contributed by atoms with E-state index in [1.54, 1.807) is 17.7 Å². The molecular formula is C28H29N2O4S+. The number of carbonyl (C=O) groups is 2. The molecular weight excluding hydrogens is 460 g/mol. The molecule has 0 atom stereocenters. The van der Waals surface area contributed by atoms with Crippen LogP contribution in [0.1, 0.15) is 17.3 Å². The number of nitrogens with one attached hydrogen (secondary N) is 1. The monoisotopic (exact) mass is 489 g/mol. The first-order chi connectivity index (χ1) is 17.0. The van der Waals surface area contributed by atoms with E-state index in [-0.39, 0.29) is 17.5 Å². The zero-order chi connectivity index (χ0) is 24.8. The quantitative estimate of drug-likeness (QED) is 0.254. The molecule has 0 aliphatic heterocycles. The van der Waals surface area contributed by atoms with E-state index < -0.39 is 12.1 Å². The van der Waals surface area contributed by atoms with Crippen molar-refractivity contribution in [2.75, 3.05) is 36.9 Å². The van der Waals surface area contributed by atoms with Gasteiger partial charge in [0.15, 0.2) is 0 Å². The van der Waals surface area contributed by atoms with Crippen molar-refractivity contribution in [2.24, 2.45) is 0 Å². The SMILES string of the molecule is CCOC(=O)c1cc(-c2ccccc2)n(NC(=O)OCC[S+](C)C)c1-c1cccc2ccccc12. The van der Waals surface area contributed by atoms with Crippen LogP contribution in [0.25, 0.3) is 33.3 Å². The van der Waals surface area contributed by atoms with E-state index in [2.05, 4.69) is 17.9 Å². The van der Waals surface area contributed by atoms with Gasteiger partial charge in [-0.2, -0.15) is 0 Å². The second kappa shape index (κ2) is 11.1. The van der Waals surface area contributed by atoms with Crippen LogP contribution in [0.2, 0.25) is 0 Å². The van der Waals surface area contributed by atoms with E-state index in [1.165, 1.54) is 0 Å². The molecule has 0 spiro atoms. The zero-order valence-electron chi connectivity index (χ0n) is 20.1. The van der Waals surface area contributed by atoms with Crippen LogP contribution in [0, 0.1) is 0 Å². The highest BCUT2D eigenvalue weighted by Crippen LogP contribution is 2.36. The molecule has 0 unspecified atom stereocenters. The molecule has 0 radical (unpaired) electrons. The molecule has 7 heteroatoms. The molecule has 1 heterocycles. The van der Waals surface area contributed by atoms with Gasteiger partial charge in [0.1, 0.15) is 12.4 Å². The van der Waals surface area contributed by atoms with Gasteiger partial charge in [-0.05, 0) is 34.7 Å². The van der Waals surface area contributed by atoms with Gasteiger partial charge in [-0.3, -0.25) is 0 Å². The molecule has 4 aromatic rings. The largest absolute Gasteiger partial charge is 0.462 e. The van der Waals surface area contributed by atoms with Crippen LogP contribution in [0.4, 0.5) is 4.79 Å². The molecule has 35 heavy (non-hydrogen) atoms. The van der Waals surface area contributed by atoms with E-state index in [1.807, 2.05) is 72.8 Å². The number of carbonyl (C=O) groups excluding carboxylic acids is 2. The molecule has 1 amide bonds. The van der Waals surface area contributed by atoms with Crippen LogP contribution in [0.15, 0.2) is 78.9 Å². The summed E-state index contributed by atoms with van der Waals surface area (Å²) >= 11 is 0. The van der Waals surface area contributed by atoms with Gasteiger partial charge >= 0.3 is 12.1 Å². The molecule has 3 aromatic carbocycles. The van der Waals surface area contributed by atoms with E-state index in [4.69, 9.17) is 9.47 Å². The Labute approximate surface area is 208 Å². The Hall–Kier alpha value is -3.71. The molecule has 0 fully saturated rings. The van der Waals surface area contributed by atoms with Crippen LogP contribution >= 0.6 is 0 Å². The second-order valence-corrected chi connectivity index (χ2v) is 10.6. The predicted molar refractivity (Wildman–Crippen MR) is 144 cm³/mol. The van der Waals surface area contributed by atoms with Gasteiger partial charge in [-0.25, -0.2) is 19.7 Å². The summed E-state index contributed by atoms with van der Waals surface area (Å²) in [6, 6.07) is 25.2. The second-order valence-electron chi connectivity index (χ2n) is 8.18. The third-order valence-electron chi connectivity index (χ3n) is 5.54. The van der Waals surface area contributed by atoms with Gasteiger partial charge < -0.3 is 9.47 Å². The third-order valence-corrected chi connectivity index (χ3v) is 6.52. The Morgan fingerprint density at radius 3 is 2.37 bits per heavy atom. The molecule has 0 aliphatic carbocycles. The lowest BCUT2D eigenvalue weighted by Gasteiger charge is -2.17. The summed E-state index contributed by atoms with van der Waals surface area (Å²) in [6.07, 6.45) is 3.62. The van der Waals surface area contributed by atoms with Crippen molar-refractivity contribution < 1.29 is 19.1 Å². The van der Waals surface area contributed by atoms with Crippen LogP contribution in [0.5, 0.6) is 0 Å². The predicted octanol–water partition coefficient (Wildman–Crippen LogP) is 5.71. The fourth-order valence-electron chi connectivity index (χ4n) is 3.93. The minimum absolute atomic E-state index is 0.160. The standard InChI is InChI=1S/C28H28N2O4S/c1-4-33-27(31)24-19-25(21-12-6-5-7-13-21)30(29-28(32)34-17-18-35(2)3)26(24)23-16-10-14-20-11-8-9-15-22(20)23/h5-16,19H,4,17-18H2,1-3H3/p+1. The maximum atomic E-state index is 13.1. The summed E-state index contributed by atoms with van der Waals surface area (Å²) in [5.74, 6) is 0.331. The van der Waals surface area contributed by atoms with Gasteiger partial charge in [0.2, 0.25) is 0 Å². The van der Waals surface area contributed by atoms with E-state index in [0.717, 1.165) is 27.7 Å². The number of esters is 1. The molecule has 6 nitrogen and oxygen atoms in total. The summed E-state index contributed by atoms with van der Waals surface area (Å²) in [4.78, 5) is 26.0. The summed E-state index contributed by atoms with van der Waals surface area (Å²) in [6.45, 7) is 2.33. The van der Waals surface area contributed by atoms with Crippen LogP contribution < -0.4 is 5.43 Å². The van der Waals surface area contributed by atoms with E-state index in [0.29, 0.717) is 23.6 Å². The lowest BCUT2D eigenvalue weighted by Crippen LogP contribution is -2.27. The molecule has 1 aromatic heterocycles. The first-order valence-electron chi connectivity index (χ1n) is 11.4. The van der Waals surface area contributed by atoms with Crippen molar-refractivity contribution in [1.29, 1.82) is 0 Å². The molecule has 0 aliphatic rings. The number of fused-ring (bicyclic) bond motifs is 1. The topological polar surface area (TPSA) is 69.6 Å². The van der Waals surface area contributed by atoms with Gasteiger partial charge in [-0.15, -0.1) is 0 Å². The Bertz CT molecular complexity index is 1330. The number of hydrogen-bond donors (Lipinski definition) is 1. The average molecular weight is 490 g/mol. The van der Waals surface area contributed by atoms with Crippen molar-refractivity contribution in [1.82, 2.24) is 4.68 Å². The molecule has 1 N–H and O–H groups in total. The highest BCUT2D eigenvalue weighted by molar-refractivity contribution is 7.95. The van der Waals surface area contributed by atoms with Gasteiger partial charge in [0.25, 0.3) is 0 Å². The lowest BCUT2D eigenvalue weighted by molar-refractivity contribution is 0.0527.